The molecule has 61 heavy (non-hydrogen) atoms. The predicted octanol–water partition coefficient (Wildman–Crippen LogP) is 16.1. The van der Waals surface area contributed by atoms with Gasteiger partial charge in [0.15, 0.2) is 0 Å². The van der Waals surface area contributed by atoms with E-state index in [0.29, 0.717) is 0 Å². The van der Waals surface area contributed by atoms with E-state index in [0.717, 1.165) is 27.6 Å². The normalized spacial score (nSPS) is 11.9. The van der Waals surface area contributed by atoms with Gasteiger partial charge in [0.2, 0.25) is 0 Å². The van der Waals surface area contributed by atoms with Crippen LogP contribution in [-0.2, 0) is 0 Å². The van der Waals surface area contributed by atoms with E-state index in [1.165, 1.54) is 98.4 Å². The molecule has 13 aromatic rings. The van der Waals surface area contributed by atoms with Crippen LogP contribution in [0.5, 0.6) is 0 Å². The van der Waals surface area contributed by atoms with Crippen LogP contribution in [0.3, 0.4) is 0 Å². The van der Waals surface area contributed by atoms with Crippen molar-refractivity contribution in [3.8, 4) is 44.5 Å². The van der Waals surface area contributed by atoms with Crippen LogP contribution < -0.4 is 0 Å². The van der Waals surface area contributed by atoms with Crippen LogP contribution in [0.2, 0.25) is 0 Å². The molecule has 0 aliphatic carbocycles. The second-order valence-corrected chi connectivity index (χ2v) is 16.3. The monoisotopic (exact) mass is 772 g/mol. The topological polar surface area (TPSA) is 17.3 Å². The summed E-state index contributed by atoms with van der Waals surface area (Å²) in [6.45, 7) is 0. The van der Waals surface area contributed by atoms with Gasteiger partial charge >= 0.3 is 0 Å². The van der Waals surface area contributed by atoms with E-state index in [-0.39, 0.29) is 0 Å². The van der Waals surface area contributed by atoms with Crippen molar-refractivity contribution in [2.75, 3.05) is 0 Å². The number of benzene rings is 11. The Balaban J connectivity index is 0.989. The molecule has 2 aromatic heterocycles. The zero-order valence-electron chi connectivity index (χ0n) is 33.2. The number of rotatable bonds is 4. The Morgan fingerprint density at radius 3 is 1.38 bits per heavy atom. The zero-order chi connectivity index (χ0) is 40.0. The second kappa shape index (κ2) is 13.2. The van der Waals surface area contributed by atoms with Gasteiger partial charge in [-0.15, -0.1) is 0 Å². The minimum absolute atomic E-state index is 0.998. The Labute approximate surface area is 352 Å². The smallest absolute Gasteiger partial charge is 0.146 e. The lowest BCUT2D eigenvalue weighted by Gasteiger charge is -2.19. The number of para-hydroxylation sites is 2. The summed E-state index contributed by atoms with van der Waals surface area (Å²) in [7, 11) is 0. The first-order valence-electron chi connectivity index (χ1n) is 21.0. The molecule has 0 atom stereocenters. The highest BCUT2D eigenvalue weighted by molar-refractivity contribution is 6.23. The molecule has 0 fully saturated rings. The number of imidazole rings is 1. The van der Waals surface area contributed by atoms with Crippen molar-refractivity contribution in [3.05, 3.63) is 218 Å². The molecule has 0 saturated heterocycles. The van der Waals surface area contributed by atoms with E-state index < -0.39 is 0 Å². The van der Waals surface area contributed by atoms with Gasteiger partial charge in [-0.1, -0.05) is 176 Å². The standard InChI is InChI=1S/C59H36N2/c1-3-13-41-33-45(27-25-37(41)11-1)57-48-16-6-7-17-49(48)58(46-28-26-38-12-2-4-14-42(38)34-46)53-36-43(29-31-50(53)57)39-21-23-40(24-22-39)44-30-32-55-52(35-44)47-15-5-8-18-51(47)59-60-54-19-9-10-20-56(54)61(55)59/h1-36H. The molecule has 282 valence electrons. The van der Waals surface area contributed by atoms with E-state index >= 15 is 0 Å². The van der Waals surface area contributed by atoms with Crippen molar-refractivity contribution < 1.29 is 0 Å². The fourth-order valence-corrected chi connectivity index (χ4v) is 10.0. The first-order valence-corrected chi connectivity index (χ1v) is 21.0. The molecule has 0 aliphatic rings. The largest absolute Gasteiger partial charge is 0.292 e. The van der Waals surface area contributed by atoms with E-state index in [4.69, 9.17) is 4.98 Å². The molecule has 0 radical (unpaired) electrons. The summed E-state index contributed by atoms with van der Waals surface area (Å²) in [6.07, 6.45) is 0. The molecule has 13 rings (SSSR count). The number of fused-ring (bicyclic) bond motifs is 12. The molecule has 0 N–H and O–H groups in total. The summed E-state index contributed by atoms with van der Waals surface area (Å²) < 4.78 is 2.32. The first-order chi connectivity index (χ1) is 30.2. The minimum atomic E-state index is 0.998. The summed E-state index contributed by atoms with van der Waals surface area (Å²) in [5.41, 5.74) is 14.1. The predicted molar refractivity (Wildman–Crippen MR) is 259 cm³/mol. The second-order valence-electron chi connectivity index (χ2n) is 16.3. The maximum Gasteiger partial charge on any atom is 0.146 e. The molecule has 0 saturated carbocycles. The van der Waals surface area contributed by atoms with Crippen molar-refractivity contribution >= 4 is 81.4 Å². The van der Waals surface area contributed by atoms with Gasteiger partial charge < -0.3 is 0 Å². The number of aromatic nitrogens is 2. The van der Waals surface area contributed by atoms with Crippen LogP contribution in [0.4, 0.5) is 0 Å². The van der Waals surface area contributed by atoms with Gasteiger partial charge in [0.1, 0.15) is 5.65 Å². The number of nitrogens with zero attached hydrogens (tertiary/aromatic N) is 2. The Morgan fingerprint density at radius 1 is 0.262 bits per heavy atom. The number of hydrogen-bond acceptors (Lipinski definition) is 1. The minimum Gasteiger partial charge on any atom is -0.292 e. The van der Waals surface area contributed by atoms with Gasteiger partial charge in [-0.25, -0.2) is 4.98 Å². The van der Waals surface area contributed by atoms with Gasteiger partial charge in [-0.2, -0.15) is 0 Å². The average molecular weight is 773 g/mol. The number of pyridine rings is 1. The highest BCUT2D eigenvalue weighted by Crippen LogP contribution is 2.46. The lowest BCUT2D eigenvalue weighted by Crippen LogP contribution is -1.92. The van der Waals surface area contributed by atoms with E-state index in [2.05, 4.69) is 223 Å². The highest BCUT2D eigenvalue weighted by Gasteiger charge is 2.19. The van der Waals surface area contributed by atoms with Crippen molar-refractivity contribution in [2.24, 2.45) is 0 Å². The maximum absolute atomic E-state index is 5.07. The lowest BCUT2D eigenvalue weighted by molar-refractivity contribution is 1.31. The van der Waals surface area contributed by atoms with Gasteiger partial charge in [-0.3, -0.25) is 4.40 Å². The molecule has 2 heterocycles. The molecular weight excluding hydrogens is 737 g/mol. The maximum atomic E-state index is 5.07. The highest BCUT2D eigenvalue weighted by atomic mass is 15.0. The van der Waals surface area contributed by atoms with Crippen LogP contribution in [0.1, 0.15) is 0 Å². The summed E-state index contributed by atoms with van der Waals surface area (Å²) in [5, 5.41) is 13.6. The van der Waals surface area contributed by atoms with Crippen LogP contribution in [0.15, 0.2) is 218 Å². The van der Waals surface area contributed by atoms with Crippen molar-refractivity contribution in [1.82, 2.24) is 9.38 Å². The van der Waals surface area contributed by atoms with Crippen LogP contribution in [0.25, 0.3) is 126 Å². The van der Waals surface area contributed by atoms with Crippen molar-refractivity contribution in [3.63, 3.8) is 0 Å². The molecular formula is C59H36N2. The third-order valence-corrected chi connectivity index (χ3v) is 12.9. The lowest BCUT2D eigenvalue weighted by atomic mass is 9.84. The fraction of sp³-hybridized carbons (Fsp3) is 0. The van der Waals surface area contributed by atoms with Crippen LogP contribution in [0, 0.1) is 0 Å². The van der Waals surface area contributed by atoms with Crippen molar-refractivity contribution in [1.29, 1.82) is 0 Å². The summed E-state index contributed by atoms with van der Waals surface area (Å²) in [6, 6.07) is 80.3. The van der Waals surface area contributed by atoms with Gasteiger partial charge in [0.05, 0.1) is 16.6 Å². The molecule has 0 spiro atoms. The SMILES string of the molecule is c1ccc2cc(-c3c4ccccc4c(-c4ccc5ccccc5c4)c4cc(-c5ccc(-c6ccc7c(c6)c6ccccc6c6nc8ccccc8n76)cc5)ccc34)ccc2c1. The summed E-state index contributed by atoms with van der Waals surface area (Å²) in [4.78, 5) is 5.07. The van der Waals surface area contributed by atoms with E-state index in [9.17, 15) is 0 Å². The number of hydrogen-bond donors (Lipinski definition) is 0. The zero-order valence-corrected chi connectivity index (χ0v) is 33.2. The Hall–Kier alpha value is -8.07. The van der Waals surface area contributed by atoms with Gasteiger partial charge in [-0.05, 0) is 135 Å². The molecule has 11 aromatic carbocycles. The van der Waals surface area contributed by atoms with Crippen molar-refractivity contribution in [2.45, 2.75) is 0 Å². The summed E-state index contributed by atoms with van der Waals surface area (Å²) >= 11 is 0. The molecule has 0 unspecified atom stereocenters. The van der Waals surface area contributed by atoms with E-state index in [1.807, 2.05) is 0 Å². The molecule has 2 heteroatoms. The molecule has 2 nitrogen and oxygen atoms in total. The average Bonchev–Trinajstić information content (AvgIpc) is 3.73. The van der Waals surface area contributed by atoms with Crippen LogP contribution in [-0.4, -0.2) is 9.38 Å². The van der Waals surface area contributed by atoms with Gasteiger partial charge in [0, 0.05) is 10.8 Å². The quantitative estimate of drug-likeness (QED) is 0.129. The van der Waals surface area contributed by atoms with Gasteiger partial charge in [0.25, 0.3) is 0 Å². The fourth-order valence-electron chi connectivity index (χ4n) is 10.0. The molecule has 0 bridgehead atoms. The Bertz CT molecular complexity index is 3930. The summed E-state index contributed by atoms with van der Waals surface area (Å²) in [5.74, 6) is 0. The Kier molecular flexibility index (Phi) is 7.34. The third-order valence-electron chi connectivity index (χ3n) is 12.9. The molecule has 0 amide bonds. The van der Waals surface area contributed by atoms with E-state index in [1.54, 1.807) is 0 Å². The molecule has 0 aliphatic heterocycles. The Morgan fingerprint density at radius 2 is 0.721 bits per heavy atom. The first kappa shape index (κ1) is 33.9. The third kappa shape index (κ3) is 5.26. The van der Waals surface area contributed by atoms with Crippen LogP contribution >= 0.6 is 0 Å².